The summed E-state index contributed by atoms with van der Waals surface area (Å²) in [5.74, 6) is 0.562. The fraction of sp³-hybridized carbons (Fsp3) is 0.545. The number of carbonyl (C=O) groups excluding carboxylic acids is 1. The highest BCUT2D eigenvalue weighted by molar-refractivity contribution is 5.79. The van der Waals surface area contributed by atoms with Crippen molar-refractivity contribution < 1.29 is 31.5 Å². The first kappa shape index (κ1) is 25.0. The van der Waals surface area contributed by atoms with E-state index in [4.69, 9.17) is 0 Å². The molecule has 2 aliphatic heterocycles. The molecule has 0 unspecified atom stereocenters. The number of aromatic nitrogens is 6. The van der Waals surface area contributed by atoms with Crippen molar-refractivity contribution in [2.75, 3.05) is 31.1 Å². The fourth-order valence-electron chi connectivity index (χ4n) is 4.79. The van der Waals surface area contributed by atoms with Crippen molar-refractivity contribution in [2.45, 2.75) is 45.0 Å². The smallest absolute Gasteiger partial charge is 0.422 e. The standard InChI is InChI=1S/C22H23F5N8O2/c23-16(24)11-35-19-15(8-31-35)28-9-17(32-19)33-3-1-21(2-4-33)5-18(36)34(12-21)10-14-6-29-20(30-7-14)37-13-22(25,26)27/h6-9,16H,1-5,10-13H2. The number of rotatable bonds is 7. The van der Waals surface area contributed by atoms with Crippen LogP contribution >= 0.6 is 0 Å². The number of anilines is 1. The Bertz CT molecular complexity index is 1260. The number of hydrogen-bond acceptors (Lipinski definition) is 8. The molecule has 1 amide bonds. The molecule has 0 N–H and O–H groups in total. The molecule has 2 aliphatic rings. The van der Waals surface area contributed by atoms with Gasteiger partial charge in [0.05, 0.1) is 12.4 Å². The molecule has 15 heteroatoms. The maximum absolute atomic E-state index is 12.8. The summed E-state index contributed by atoms with van der Waals surface area (Å²) < 4.78 is 68.2. The monoisotopic (exact) mass is 526 g/mol. The van der Waals surface area contributed by atoms with E-state index in [-0.39, 0.29) is 23.9 Å². The maximum atomic E-state index is 12.8. The Morgan fingerprint density at radius 1 is 1.05 bits per heavy atom. The van der Waals surface area contributed by atoms with Crippen LogP contribution in [0.5, 0.6) is 6.01 Å². The van der Waals surface area contributed by atoms with E-state index in [1.165, 1.54) is 18.6 Å². The summed E-state index contributed by atoms with van der Waals surface area (Å²) in [6.45, 7) is 0.00158. The van der Waals surface area contributed by atoms with Crippen LogP contribution in [0, 0.1) is 5.41 Å². The van der Waals surface area contributed by atoms with Crippen molar-refractivity contribution in [2.24, 2.45) is 5.41 Å². The molecule has 0 bridgehead atoms. The predicted octanol–water partition coefficient (Wildman–Crippen LogP) is 2.84. The van der Waals surface area contributed by atoms with E-state index in [9.17, 15) is 26.7 Å². The SMILES string of the molecule is O=C1CC2(CCN(c3cnc4cnn(CC(F)F)c4n3)CC2)CN1Cc1cnc(OCC(F)(F)F)nc1. The van der Waals surface area contributed by atoms with Gasteiger partial charge in [0.2, 0.25) is 5.91 Å². The van der Waals surface area contributed by atoms with E-state index in [0.717, 1.165) is 17.5 Å². The molecule has 198 valence electrons. The molecule has 0 aromatic carbocycles. The summed E-state index contributed by atoms with van der Waals surface area (Å²) in [5.41, 5.74) is 1.13. The first-order valence-corrected chi connectivity index (χ1v) is 11.6. The molecule has 5 heterocycles. The number of ether oxygens (including phenoxy) is 1. The Hall–Kier alpha value is -3.65. The van der Waals surface area contributed by atoms with Crippen LogP contribution in [0.4, 0.5) is 27.8 Å². The van der Waals surface area contributed by atoms with Crippen molar-refractivity contribution in [3.63, 3.8) is 0 Å². The van der Waals surface area contributed by atoms with Crippen molar-refractivity contribution in [1.29, 1.82) is 0 Å². The highest BCUT2D eigenvalue weighted by Crippen LogP contribution is 2.42. The minimum atomic E-state index is -4.48. The van der Waals surface area contributed by atoms with E-state index in [2.05, 4.69) is 29.8 Å². The lowest BCUT2D eigenvalue weighted by atomic mass is 9.77. The minimum absolute atomic E-state index is 0.0111. The summed E-state index contributed by atoms with van der Waals surface area (Å²) in [6, 6.07) is -0.379. The molecule has 1 spiro atoms. The Kier molecular flexibility index (Phi) is 6.54. The second-order valence-electron chi connectivity index (χ2n) is 9.35. The van der Waals surface area contributed by atoms with Crippen molar-refractivity contribution in [3.05, 3.63) is 30.4 Å². The number of amides is 1. The average molecular weight is 526 g/mol. The molecule has 0 aliphatic carbocycles. The van der Waals surface area contributed by atoms with Gasteiger partial charge in [0.15, 0.2) is 12.3 Å². The van der Waals surface area contributed by atoms with Crippen molar-refractivity contribution >= 4 is 22.9 Å². The van der Waals surface area contributed by atoms with Crippen molar-refractivity contribution in [1.82, 2.24) is 34.6 Å². The van der Waals surface area contributed by atoms with E-state index >= 15 is 0 Å². The molecule has 3 aromatic heterocycles. The number of alkyl halides is 5. The number of carbonyl (C=O) groups is 1. The molecule has 0 atom stereocenters. The summed E-state index contributed by atoms with van der Waals surface area (Å²) >= 11 is 0. The van der Waals surface area contributed by atoms with Crippen LogP contribution in [0.15, 0.2) is 24.8 Å². The molecule has 0 radical (unpaired) electrons. The minimum Gasteiger partial charge on any atom is -0.454 e. The fourth-order valence-corrected chi connectivity index (χ4v) is 4.79. The van der Waals surface area contributed by atoms with Crippen LogP contribution in [0.25, 0.3) is 11.2 Å². The average Bonchev–Trinajstić information content (AvgIpc) is 3.38. The Labute approximate surface area is 207 Å². The van der Waals surface area contributed by atoms with Crippen LogP contribution in [0.1, 0.15) is 24.8 Å². The Morgan fingerprint density at radius 3 is 2.46 bits per heavy atom. The number of hydrogen-bond donors (Lipinski definition) is 0. The third-order valence-corrected chi connectivity index (χ3v) is 6.62. The third kappa shape index (κ3) is 5.69. The van der Waals surface area contributed by atoms with Gasteiger partial charge in [0.25, 0.3) is 6.43 Å². The van der Waals surface area contributed by atoms with Crippen LogP contribution in [-0.2, 0) is 17.9 Å². The van der Waals surface area contributed by atoms with Crippen LogP contribution in [0.2, 0.25) is 0 Å². The molecule has 3 aromatic rings. The summed E-state index contributed by atoms with van der Waals surface area (Å²) in [6.07, 6.45) is 0.525. The van der Waals surface area contributed by atoms with Gasteiger partial charge in [-0.25, -0.2) is 33.4 Å². The van der Waals surface area contributed by atoms with Crippen LogP contribution in [0.3, 0.4) is 0 Å². The summed E-state index contributed by atoms with van der Waals surface area (Å²) in [7, 11) is 0. The molecule has 5 rings (SSSR count). The molecule has 0 saturated carbocycles. The van der Waals surface area contributed by atoms with Gasteiger partial charge in [-0.15, -0.1) is 0 Å². The lowest BCUT2D eigenvalue weighted by Crippen LogP contribution is -2.42. The molecule has 37 heavy (non-hydrogen) atoms. The van der Waals surface area contributed by atoms with Crippen molar-refractivity contribution in [3.8, 4) is 6.01 Å². The zero-order valence-corrected chi connectivity index (χ0v) is 19.5. The van der Waals surface area contributed by atoms with Gasteiger partial charge in [-0.1, -0.05) is 0 Å². The molecule has 2 saturated heterocycles. The predicted molar refractivity (Wildman–Crippen MR) is 119 cm³/mol. The third-order valence-electron chi connectivity index (χ3n) is 6.62. The van der Waals surface area contributed by atoms with E-state index in [1.807, 2.05) is 4.90 Å². The Morgan fingerprint density at radius 2 is 1.78 bits per heavy atom. The second kappa shape index (κ2) is 9.67. The zero-order valence-electron chi connectivity index (χ0n) is 19.5. The molecule has 10 nitrogen and oxygen atoms in total. The number of piperidine rings is 1. The number of likely N-dealkylation sites (tertiary alicyclic amines) is 1. The van der Waals surface area contributed by atoms with E-state index in [1.54, 1.807) is 11.1 Å². The molecule has 2 fully saturated rings. The lowest BCUT2D eigenvalue weighted by molar-refractivity contribution is -0.154. The van der Waals surface area contributed by atoms with Gasteiger partial charge < -0.3 is 14.5 Å². The normalized spacial score (nSPS) is 17.9. The van der Waals surface area contributed by atoms with E-state index < -0.39 is 25.8 Å². The van der Waals surface area contributed by atoms with Gasteiger partial charge in [0.1, 0.15) is 17.9 Å². The first-order chi connectivity index (χ1) is 17.6. The highest BCUT2D eigenvalue weighted by atomic mass is 19.4. The van der Waals surface area contributed by atoms with Gasteiger partial charge in [-0.2, -0.15) is 18.3 Å². The van der Waals surface area contributed by atoms with Crippen LogP contribution in [-0.4, -0.2) is 79.4 Å². The molecular weight excluding hydrogens is 503 g/mol. The zero-order chi connectivity index (χ0) is 26.2. The first-order valence-electron chi connectivity index (χ1n) is 11.6. The van der Waals surface area contributed by atoms with Crippen LogP contribution < -0.4 is 9.64 Å². The quantitative estimate of drug-likeness (QED) is 0.434. The lowest BCUT2D eigenvalue weighted by Gasteiger charge is -2.39. The number of nitrogens with zero attached hydrogens (tertiary/aromatic N) is 8. The van der Waals surface area contributed by atoms with Gasteiger partial charge in [-0.05, 0) is 12.8 Å². The number of halogens is 5. The second-order valence-corrected chi connectivity index (χ2v) is 9.35. The maximum Gasteiger partial charge on any atom is 0.422 e. The highest BCUT2D eigenvalue weighted by Gasteiger charge is 2.45. The topological polar surface area (TPSA) is 102 Å². The van der Waals surface area contributed by atoms with E-state index in [0.29, 0.717) is 48.6 Å². The summed E-state index contributed by atoms with van der Waals surface area (Å²) in [5, 5.41) is 3.94. The number of fused-ring (bicyclic) bond motifs is 1. The van der Waals surface area contributed by atoms with Gasteiger partial charge in [-0.3, -0.25) is 4.79 Å². The largest absolute Gasteiger partial charge is 0.454 e. The van der Waals surface area contributed by atoms with Gasteiger partial charge in [0, 0.05) is 56.0 Å². The Balaban J connectivity index is 1.19. The molecular formula is C22H23F5N8O2. The van der Waals surface area contributed by atoms with Gasteiger partial charge >= 0.3 is 12.2 Å². The summed E-state index contributed by atoms with van der Waals surface area (Å²) in [4.78, 5) is 32.9.